The predicted octanol–water partition coefficient (Wildman–Crippen LogP) is -0.456. The monoisotopic (exact) mass is 233 g/mol. The summed E-state index contributed by atoms with van der Waals surface area (Å²) in [5.41, 5.74) is 2.93. The Morgan fingerprint density at radius 3 is 3.06 bits per heavy atom. The van der Waals surface area contributed by atoms with Crippen molar-refractivity contribution < 1.29 is 9.90 Å². The first-order valence-corrected chi connectivity index (χ1v) is 5.89. The molecule has 0 atom stereocenters. The molecule has 3 heterocycles. The summed E-state index contributed by atoms with van der Waals surface area (Å²) < 4.78 is 0. The quantitative estimate of drug-likeness (QED) is 0.689. The van der Waals surface area contributed by atoms with E-state index in [1.165, 1.54) is 0 Å². The molecule has 1 aromatic heterocycles. The molecular formula is C12H15N3O2. The van der Waals surface area contributed by atoms with Gasteiger partial charge in [0.2, 0.25) is 0 Å². The zero-order chi connectivity index (χ0) is 11.8. The Morgan fingerprint density at radius 2 is 2.29 bits per heavy atom. The van der Waals surface area contributed by atoms with Crippen molar-refractivity contribution >= 4 is 5.91 Å². The topological polar surface area (TPSA) is 65.5 Å². The third kappa shape index (κ3) is 1.81. The van der Waals surface area contributed by atoms with Gasteiger partial charge < -0.3 is 15.3 Å². The van der Waals surface area contributed by atoms with Crippen molar-refractivity contribution in [3.05, 3.63) is 29.1 Å². The van der Waals surface area contributed by atoms with E-state index < -0.39 is 0 Å². The minimum absolute atomic E-state index is 0.00144. The number of hydrogen-bond acceptors (Lipinski definition) is 4. The van der Waals surface area contributed by atoms with Gasteiger partial charge in [-0.15, -0.1) is 0 Å². The smallest absolute Gasteiger partial charge is 0.255 e. The summed E-state index contributed by atoms with van der Waals surface area (Å²) in [6, 6.07) is 0. The Hall–Kier alpha value is -1.46. The van der Waals surface area contributed by atoms with Crippen LogP contribution < -0.4 is 5.32 Å². The summed E-state index contributed by atoms with van der Waals surface area (Å²) in [5.74, 6) is 0.00144. The van der Waals surface area contributed by atoms with E-state index in [9.17, 15) is 9.90 Å². The summed E-state index contributed by atoms with van der Waals surface area (Å²) in [4.78, 5) is 18.0. The van der Waals surface area contributed by atoms with E-state index in [4.69, 9.17) is 0 Å². The Labute approximate surface area is 99.5 Å². The number of aliphatic hydroxyl groups is 1. The second kappa shape index (κ2) is 4.09. The van der Waals surface area contributed by atoms with E-state index in [-0.39, 0.29) is 12.0 Å². The van der Waals surface area contributed by atoms with Crippen LogP contribution in [0, 0.1) is 0 Å². The normalized spacial score (nSPS) is 19.7. The highest BCUT2D eigenvalue weighted by Gasteiger charge is 2.31. The number of nitrogens with one attached hydrogen (secondary N) is 1. The average Bonchev–Trinajstić information content (AvgIpc) is 2.33. The summed E-state index contributed by atoms with van der Waals surface area (Å²) in [5, 5.41) is 12.5. The molecule has 17 heavy (non-hydrogen) atoms. The number of nitrogens with zero attached hydrogens (tertiary/aromatic N) is 2. The van der Waals surface area contributed by atoms with E-state index in [1.807, 2.05) is 6.20 Å². The lowest BCUT2D eigenvalue weighted by Gasteiger charge is -2.36. The number of carbonyl (C=O) groups is 1. The molecule has 0 saturated carbocycles. The number of β-amino-alcohol motifs (C(OH)–C–C–N with tert-alkyl or cyclic N) is 1. The fourth-order valence-electron chi connectivity index (χ4n) is 2.39. The van der Waals surface area contributed by atoms with Gasteiger partial charge in [0.1, 0.15) is 0 Å². The lowest BCUT2D eigenvalue weighted by atomic mass is 9.96. The molecule has 0 spiro atoms. The van der Waals surface area contributed by atoms with Crippen molar-refractivity contribution in [1.29, 1.82) is 0 Å². The van der Waals surface area contributed by atoms with Crippen molar-refractivity contribution in [2.45, 2.75) is 19.1 Å². The first-order valence-electron chi connectivity index (χ1n) is 5.89. The second-order valence-corrected chi connectivity index (χ2v) is 4.62. The van der Waals surface area contributed by atoms with E-state index in [0.29, 0.717) is 18.7 Å². The highest BCUT2D eigenvalue weighted by atomic mass is 16.3. The van der Waals surface area contributed by atoms with Gasteiger partial charge in [-0.2, -0.15) is 0 Å². The fraction of sp³-hybridized carbons (Fsp3) is 0.500. The van der Waals surface area contributed by atoms with E-state index >= 15 is 0 Å². The van der Waals surface area contributed by atoms with Gasteiger partial charge >= 0.3 is 0 Å². The van der Waals surface area contributed by atoms with Gasteiger partial charge in [0.15, 0.2) is 0 Å². The molecule has 5 heteroatoms. The molecule has 0 aliphatic carbocycles. The minimum Gasteiger partial charge on any atom is -0.389 e. The SMILES string of the molecule is O=C(c1cncc2c1CCNC2)N1CC(O)C1. The van der Waals surface area contributed by atoms with Crippen LogP contribution in [0.25, 0.3) is 0 Å². The Kier molecular flexibility index (Phi) is 2.57. The summed E-state index contributed by atoms with van der Waals surface area (Å²) in [6.45, 7) is 2.58. The van der Waals surface area contributed by atoms with Crippen LogP contribution in [0.5, 0.6) is 0 Å². The molecule has 0 bridgehead atoms. The maximum atomic E-state index is 12.2. The lowest BCUT2D eigenvalue weighted by Crippen LogP contribution is -2.53. The molecule has 0 aromatic carbocycles. The van der Waals surface area contributed by atoms with Crippen LogP contribution >= 0.6 is 0 Å². The fourth-order valence-corrected chi connectivity index (χ4v) is 2.39. The Bertz CT molecular complexity index is 455. The number of aromatic nitrogens is 1. The molecule has 5 nitrogen and oxygen atoms in total. The van der Waals surface area contributed by atoms with Gasteiger partial charge in [-0.1, -0.05) is 0 Å². The number of pyridine rings is 1. The Morgan fingerprint density at radius 1 is 1.47 bits per heavy atom. The summed E-state index contributed by atoms with van der Waals surface area (Å²) >= 11 is 0. The number of hydrogen-bond donors (Lipinski definition) is 2. The molecule has 1 aromatic rings. The van der Waals surface area contributed by atoms with Crippen LogP contribution in [0.3, 0.4) is 0 Å². The van der Waals surface area contributed by atoms with Crippen LogP contribution in [0.2, 0.25) is 0 Å². The summed E-state index contributed by atoms with van der Waals surface area (Å²) in [6.07, 6.45) is 3.99. The Balaban J connectivity index is 1.89. The van der Waals surface area contributed by atoms with E-state index in [1.54, 1.807) is 11.1 Å². The van der Waals surface area contributed by atoms with Gasteiger partial charge in [0.05, 0.1) is 11.7 Å². The van der Waals surface area contributed by atoms with Crippen molar-refractivity contribution in [2.24, 2.45) is 0 Å². The molecule has 90 valence electrons. The van der Waals surface area contributed by atoms with Crippen LogP contribution in [-0.4, -0.2) is 46.6 Å². The van der Waals surface area contributed by atoms with Gasteiger partial charge in [-0.3, -0.25) is 9.78 Å². The zero-order valence-electron chi connectivity index (χ0n) is 9.52. The van der Waals surface area contributed by atoms with Crippen molar-refractivity contribution in [2.75, 3.05) is 19.6 Å². The third-order valence-corrected chi connectivity index (χ3v) is 3.39. The van der Waals surface area contributed by atoms with Crippen molar-refractivity contribution in [3.63, 3.8) is 0 Å². The molecule has 0 radical (unpaired) electrons. The number of carbonyl (C=O) groups excluding carboxylic acids is 1. The number of aliphatic hydroxyl groups excluding tert-OH is 1. The first-order chi connectivity index (χ1) is 8.25. The van der Waals surface area contributed by atoms with Crippen molar-refractivity contribution in [3.8, 4) is 0 Å². The maximum absolute atomic E-state index is 12.2. The molecule has 0 unspecified atom stereocenters. The largest absolute Gasteiger partial charge is 0.389 e. The highest BCUT2D eigenvalue weighted by Crippen LogP contribution is 2.21. The second-order valence-electron chi connectivity index (χ2n) is 4.62. The standard InChI is InChI=1S/C12H15N3O2/c16-9-6-15(7-9)12(17)11-5-14-4-8-3-13-2-1-10(8)11/h4-5,9,13,16H,1-3,6-7H2. The number of amides is 1. The maximum Gasteiger partial charge on any atom is 0.255 e. The number of likely N-dealkylation sites (tertiary alicyclic amines) is 1. The molecule has 1 amide bonds. The zero-order valence-corrected chi connectivity index (χ0v) is 9.52. The molecule has 1 saturated heterocycles. The van der Waals surface area contributed by atoms with Crippen LogP contribution in [0.1, 0.15) is 21.5 Å². The van der Waals surface area contributed by atoms with Gasteiger partial charge in [-0.25, -0.2) is 0 Å². The predicted molar refractivity (Wildman–Crippen MR) is 61.6 cm³/mol. The highest BCUT2D eigenvalue weighted by molar-refractivity contribution is 5.96. The summed E-state index contributed by atoms with van der Waals surface area (Å²) in [7, 11) is 0. The van der Waals surface area contributed by atoms with E-state index in [0.717, 1.165) is 30.6 Å². The molecule has 1 fully saturated rings. The first kappa shape index (κ1) is 10.7. The molecule has 2 N–H and O–H groups in total. The van der Waals surface area contributed by atoms with Gasteiger partial charge in [0.25, 0.3) is 5.91 Å². The van der Waals surface area contributed by atoms with Crippen LogP contribution in [0.4, 0.5) is 0 Å². The molecule has 3 rings (SSSR count). The van der Waals surface area contributed by atoms with Gasteiger partial charge in [0, 0.05) is 32.0 Å². The van der Waals surface area contributed by atoms with Crippen LogP contribution in [0.15, 0.2) is 12.4 Å². The molecule has 2 aliphatic rings. The third-order valence-electron chi connectivity index (χ3n) is 3.39. The van der Waals surface area contributed by atoms with Crippen LogP contribution in [-0.2, 0) is 13.0 Å². The molecule has 2 aliphatic heterocycles. The van der Waals surface area contributed by atoms with E-state index in [2.05, 4.69) is 10.3 Å². The number of rotatable bonds is 1. The molecular weight excluding hydrogens is 218 g/mol. The van der Waals surface area contributed by atoms with Crippen molar-refractivity contribution in [1.82, 2.24) is 15.2 Å². The average molecular weight is 233 g/mol. The van der Waals surface area contributed by atoms with Gasteiger partial charge in [-0.05, 0) is 24.1 Å². The minimum atomic E-state index is -0.354. The lowest BCUT2D eigenvalue weighted by molar-refractivity contribution is 0.00577. The number of fused-ring (bicyclic) bond motifs is 1.